The Bertz CT molecular complexity index is 407. The lowest BCUT2D eigenvalue weighted by Gasteiger charge is -2.24. The van der Waals surface area contributed by atoms with Crippen molar-refractivity contribution >= 4 is 21.7 Å². The molecule has 0 aliphatic heterocycles. The zero-order valence-electron chi connectivity index (χ0n) is 11.6. The molecule has 0 saturated carbocycles. The highest BCUT2D eigenvalue weighted by molar-refractivity contribution is 7.90. The number of hydrogen-bond donors (Lipinski definition) is 1. The Morgan fingerprint density at radius 1 is 1.37 bits per heavy atom. The van der Waals surface area contributed by atoms with Gasteiger partial charge in [0.25, 0.3) is 0 Å². The van der Waals surface area contributed by atoms with Gasteiger partial charge in [0, 0.05) is 12.8 Å². The second-order valence-corrected chi connectivity index (χ2v) is 6.62. The lowest BCUT2D eigenvalue weighted by atomic mass is 10.2. The first kappa shape index (κ1) is 17.8. The highest BCUT2D eigenvalue weighted by atomic mass is 32.2. The van der Waals surface area contributed by atoms with Crippen LogP contribution in [0, 0.1) is 0 Å². The number of amides is 1. The summed E-state index contributed by atoms with van der Waals surface area (Å²) in [7, 11) is -1.92. The predicted octanol–water partition coefficient (Wildman–Crippen LogP) is -0.840. The first-order valence-electron chi connectivity index (χ1n) is 6.00. The minimum Gasteiger partial charge on any atom is -0.468 e. The van der Waals surface area contributed by atoms with Gasteiger partial charge >= 0.3 is 5.97 Å². The molecule has 0 aliphatic rings. The molecule has 1 atom stereocenters. The molecule has 1 unspecified atom stereocenters. The van der Waals surface area contributed by atoms with Crippen molar-refractivity contribution in [2.24, 2.45) is 5.73 Å². The Morgan fingerprint density at radius 2 is 1.95 bits per heavy atom. The zero-order chi connectivity index (χ0) is 15.1. The monoisotopic (exact) mass is 294 g/mol. The number of esters is 1. The maximum Gasteiger partial charge on any atom is 0.325 e. The number of carbonyl (C=O) groups excluding carboxylic acids is 2. The number of ether oxygens (including phenoxy) is 1. The molecule has 0 aliphatic carbocycles. The van der Waals surface area contributed by atoms with E-state index >= 15 is 0 Å². The van der Waals surface area contributed by atoms with Crippen molar-refractivity contribution in [3.8, 4) is 0 Å². The Kier molecular flexibility index (Phi) is 7.62. The molecular weight excluding hydrogens is 272 g/mol. The van der Waals surface area contributed by atoms with Gasteiger partial charge in [0.05, 0.1) is 18.9 Å². The number of methoxy groups -OCH3 is 1. The molecule has 2 N–H and O–H groups in total. The Morgan fingerprint density at radius 3 is 2.37 bits per heavy atom. The second kappa shape index (κ2) is 8.11. The molecule has 0 saturated heterocycles. The molecule has 1 amide bonds. The van der Waals surface area contributed by atoms with Crippen LogP contribution in [0.3, 0.4) is 0 Å². The van der Waals surface area contributed by atoms with E-state index in [9.17, 15) is 18.0 Å². The third-order valence-corrected chi connectivity index (χ3v) is 3.45. The molecule has 7 nitrogen and oxygen atoms in total. The van der Waals surface area contributed by atoms with Crippen molar-refractivity contribution in [2.45, 2.75) is 25.8 Å². The fourth-order valence-electron chi connectivity index (χ4n) is 1.46. The van der Waals surface area contributed by atoms with Gasteiger partial charge in [-0.2, -0.15) is 0 Å². The van der Waals surface area contributed by atoms with Crippen LogP contribution in [0.1, 0.15) is 19.8 Å². The van der Waals surface area contributed by atoms with Crippen molar-refractivity contribution in [3.05, 3.63) is 0 Å². The number of sulfone groups is 1. The van der Waals surface area contributed by atoms with Crippen LogP contribution in [0.5, 0.6) is 0 Å². The van der Waals surface area contributed by atoms with Gasteiger partial charge in [0.2, 0.25) is 5.91 Å². The van der Waals surface area contributed by atoms with E-state index in [0.717, 1.165) is 6.26 Å². The average molecular weight is 294 g/mol. The van der Waals surface area contributed by atoms with Crippen molar-refractivity contribution in [2.75, 3.05) is 32.2 Å². The summed E-state index contributed by atoms with van der Waals surface area (Å²) in [6, 6.07) is -0.925. The van der Waals surface area contributed by atoms with Gasteiger partial charge in [-0.1, -0.05) is 6.92 Å². The van der Waals surface area contributed by atoms with Crippen LogP contribution >= 0.6 is 0 Å². The molecule has 0 bridgehead atoms. The summed E-state index contributed by atoms with van der Waals surface area (Å²) in [5.74, 6) is -1.12. The molecule has 0 aromatic heterocycles. The van der Waals surface area contributed by atoms with Crippen LogP contribution in [0.15, 0.2) is 0 Å². The molecule has 0 fully saturated rings. The summed E-state index contributed by atoms with van der Waals surface area (Å²) in [4.78, 5) is 24.5. The van der Waals surface area contributed by atoms with Crippen molar-refractivity contribution in [3.63, 3.8) is 0 Å². The fraction of sp³-hybridized carbons (Fsp3) is 0.818. The van der Waals surface area contributed by atoms with Crippen LogP contribution in [-0.2, 0) is 24.2 Å². The second-order valence-electron chi connectivity index (χ2n) is 4.36. The minimum atomic E-state index is -3.16. The van der Waals surface area contributed by atoms with E-state index < -0.39 is 27.8 Å². The molecular formula is C11H22N2O5S. The van der Waals surface area contributed by atoms with E-state index in [1.165, 1.54) is 12.0 Å². The highest BCUT2D eigenvalue weighted by Crippen LogP contribution is 2.02. The van der Waals surface area contributed by atoms with Crippen molar-refractivity contribution in [1.29, 1.82) is 0 Å². The van der Waals surface area contributed by atoms with Gasteiger partial charge in [-0.05, 0) is 12.8 Å². The average Bonchev–Trinajstić information content (AvgIpc) is 2.33. The van der Waals surface area contributed by atoms with Gasteiger partial charge in [0.15, 0.2) is 0 Å². The molecule has 0 heterocycles. The van der Waals surface area contributed by atoms with Gasteiger partial charge < -0.3 is 15.4 Å². The van der Waals surface area contributed by atoms with Gasteiger partial charge in [-0.15, -0.1) is 0 Å². The third-order valence-electron chi connectivity index (χ3n) is 2.47. The maximum absolute atomic E-state index is 12.0. The fourth-order valence-corrected chi connectivity index (χ4v) is 2.14. The van der Waals surface area contributed by atoms with Crippen LogP contribution in [-0.4, -0.2) is 63.4 Å². The van der Waals surface area contributed by atoms with E-state index in [1.54, 1.807) is 0 Å². The number of hydrogen-bond acceptors (Lipinski definition) is 6. The molecule has 0 aromatic rings. The van der Waals surface area contributed by atoms with Crippen molar-refractivity contribution < 1.29 is 22.7 Å². The number of carbonyl (C=O) groups is 2. The van der Waals surface area contributed by atoms with Crippen LogP contribution in [0.2, 0.25) is 0 Å². The van der Waals surface area contributed by atoms with E-state index in [-0.39, 0.29) is 18.7 Å². The van der Waals surface area contributed by atoms with Gasteiger partial charge in [-0.25, -0.2) is 8.42 Å². The Labute approximate surface area is 114 Å². The predicted molar refractivity (Wildman–Crippen MR) is 71.2 cm³/mol. The highest BCUT2D eigenvalue weighted by Gasteiger charge is 2.23. The molecule has 0 radical (unpaired) electrons. The quantitative estimate of drug-likeness (QED) is 0.585. The summed E-state index contributed by atoms with van der Waals surface area (Å²) in [6.07, 6.45) is 1.79. The molecule has 0 spiro atoms. The van der Waals surface area contributed by atoms with Crippen LogP contribution in [0.25, 0.3) is 0 Å². The summed E-state index contributed by atoms with van der Waals surface area (Å²) in [5.41, 5.74) is 5.66. The molecule has 0 rings (SSSR count). The smallest absolute Gasteiger partial charge is 0.325 e. The number of nitrogens with zero attached hydrogens (tertiary/aromatic N) is 1. The lowest BCUT2D eigenvalue weighted by Crippen LogP contribution is -2.47. The van der Waals surface area contributed by atoms with Crippen LogP contribution < -0.4 is 5.73 Å². The lowest BCUT2D eigenvalue weighted by molar-refractivity contribution is -0.147. The summed E-state index contributed by atoms with van der Waals surface area (Å²) >= 11 is 0. The maximum atomic E-state index is 12.0. The number of nitrogens with two attached hydrogens (primary N) is 1. The minimum absolute atomic E-state index is 0.0407. The van der Waals surface area contributed by atoms with E-state index in [2.05, 4.69) is 4.74 Å². The number of rotatable bonds is 8. The normalized spacial score (nSPS) is 12.8. The standard InChI is InChI=1S/C11H22N2O5S/c1-4-6-13(8-10(14)18-2)11(15)9(12)5-7-19(3,16)17/h9H,4-8,12H2,1-3H3. The molecule has 112 valence electrons. The first-order chi connectivity index (χ1) is 8.71. The molecule has 19 heavy (non-hydrogen) atoms. The van der Waals surface area contributed by atoms with Crippen molar-refractivity contribution in [1.82, 2.24) is 4.90 Å². The van der Waals surface area contributed by atoms with E-state index in [0.29, 0.717) is 13.0 Å². The largest absolute Gasteiger partial charge is 0.468 e. The summed E-state index contributed by atoms with van der Waals surface area (Å²) in [6.45, 7) is 2.07. The Balaban J connectivity index is 4.56. The first-order valence-corrected chi connectivity index (χ1v) is 8.06. The Hall–Kier alpha value is -1.15. The van der Waals surface area contributed by atoms with Gasteiger partial charge in [-0.3, -0.25) is 9.59 Å². The van der Waals surface area contributed by atoms with Gasteiger partial charge in [0.1, 0.15) is 16.4 Å². The van der Waals surface area contributed by atoms with E-state index in [1.807, 2.05) is 6.92 Å². The van der Waals surface area contributed by atoms with Crippen LogP contribution in [0.4, 0.5) is 0 Å². The zero-order valence-corrected chi connectivity index (χ0v) is 12.4. The molecule has 8 heteroatoms. The summed E-state index contributed by atoms with van der Waals surface area (Å²) in [5, 5.41) is 0. The van der Waals surface area contributed by atoms with E-state index in [4.69, 9.17) is 5.73 Å². The summed E-state index contributed by atoms with van der Waals surface area (Å²) < 4.78 is 26.5. The SMILES string of the molecule is CCCN(CC(=O)OC)C(=O)C(N)CCS(C)(=O)=O. The third kappa shape index (κ3) is 7.78. The topological polar surface area (TPSA) is 107 Å². The molecule has 0 aromatic carbocycles.